The third kappa shape index (κ3) is 6.16. The first kappa shape index (κ1) is 24.2. The van der Waals surface area contributed by atoms with Gasteiger partial charge in [-0.1, -0.05) is 72.4 Å². The van der Waals surface area contributed by atoms with Crippen molar-refractivity contribution in [3.8, 4) is 5.75 Å². The van der Waals surface area contributed by atoms with E-state index in [0.717, 1.165) is 27.8 Å². The van der Waals surface area contributed by atoms with Crippen LogP contribution in [0.25, 0.3) is 10.8 Å². The lowest BCUT2D eigenvalue weighted by molar-refractivity contribution is -0.120. The first-order valence-corrected chi connectivity index (χ1v) is 12.1. The van der Waals surface area contributed by atoms with Crippen molar-refractivity contribution >= 4 is 34.2 Å². The van der Waals surface area contributed by atoms with Crippen molar-refractivity contribution < 1.29 is 9.53 Å². The van der Waals surface area contributed by atoms with Crippen LogP contribution in [-0.2, 0) is 17.9 Å². The van der Waals surface area contributed by atoms with Crippen LogP contribution in [0.2, 0.25) is 0 Å². The van der Waals surface area contributed by atoms with Crippen LogP contribution in [0.4, 0.5) is 0 Å². The van der Waals surface area contributed by atoms with Crippen LogP contribution in [0.1, 0.15) is 25.2 Å². The molecular weight excluding hydrogens is 458 g/mol. The number of carbonyl (C=O) groups excluding carboxylic acids is 1. The number of benzene rings is 3. The first-order chi connectivity index (χ1) is 17.0. The molecule has 0 aliphatic carbocycles. The number of ether oxygens (including phenoxy) is 1. The van der Waals surface area contributed by atoms with Gasteiger partial charge in [0.1, 0.15) is 12.4 Å². The summed E-state index contributed by atoms with van der Waals surface area (Å²) in [5.41, 5.74) is 4.37. The largest absolute Gasteiger partial charge is 0.486 e. The molecule has 0 radical (unpaired) electrons. The van der Waals surface area contributed by atoms with Crippen molar-refractivity contribution in [3.05, 3.63) is 96.8 Å². The van der Waals surface area contributed by atoms with E-state index in [1.54, 1.807) is 6.08 Å². The second-order valence-corrected chi connectivity index (χ2v) is 9.20. The molecule has 1 amide bonds. The minimum atomic E-state index is -0.432. The fourth-order valence-corrected chi connectivity index (χ4v) is 4.28. The van der Waals surface area contributed by atoms with Gasteiger partial charge in [-0.3, -0.25) is 9.36 Å². The summed E-state index contributed by atoms with van der Waals surface area (Å²) >= 11 is 1.31. The maximum atomic E-state index is 12.7. The van der Waals surface area contributed by atoms with Crippen LogP contribution < -0.4 is 10.2 Å². The summed E-state index contributed by atoms with van der Waals surface area (Å²) in [5, 5.41) is 15.3. The first-order valence-electron chi connectivity index (χ1n) is 11.3. The highest BCUT2D eigenvalue weighted by molar-refractivity contribution is 8.00. The number of hydrogen-bond acceptors (Lipinski definition) is 6. The Hall–Kier alpha value is -3.91. The van der Waals surface area contributed by atoms with Gasteiger partial charge in [0.2, 0.25) is 0 Å². The minimum Gasteiger partial charge on any atom is -0.486 e. The number of nitrogens with one attached hydrogen (secondary N) is 1. The van der Waals surface area contributed by atoms with E-state index >= 15 is 0 Å². The fraction of sp³-hybridized carbons (Fsp3) is 0.185. The fourth-order valence-electron chi connectivity index (χ4n) is 3.41. The van der Waals surface area contributed by atoms with E-state index in [2.05, 4.69) is 51.6 Å². The van der Waals surface area contributed by atoms with E-state index in [0.29, 0.717) is 17.5 Å². The lowest BCUT2D eigenvalue weighted by Gasteiger charge is -2.12. The molecule has 35 heavy (non-hydrogen) atoms. The van der Waals surface area contributed by atoms with Crippen molar-refractivity contribution in [1.82, 2.24) is 20.2 Å². The van der Waals surface area contributed by atoms with Gasteiger partial charge >= 0.3 is 0 Å². The zero-order chi connectivity index (χ0) is 24.6. The topological polar surface area (TPSA) is 81.4 Å². The molecule has 1 aromatic heterocycles. The summed E-state index contributed by atoms with van der Waals surface area (Å²) in [6.07, 6.45) is 1.77. The van der Waals surface area contributed by atoms with Gasteiger partial charge in [0.25, 0.3) is 5.91 Å². The van der Waals surface area contributed by atoms with E-state index in [9.17, 15) is 4.79 Å². The zero-order valence-electron chi connectivity index (χ0n) is 19.7. The summed E-state index contributed by atoms with van der Waals surface area (Å²) < 4.78 is 7.71. The Labute approximate surface area is 208 Å². The summed E-state index contributed by atoms with van der Waals surface area (Å²) in [6, 6.07) is 23.8. The van der Waals surface area contributed by atoms with E-state index in [1.165, 1.54) is 11.8 Å². The maximum absolute atomic E-state index is 12.7. The van der Waals surface area contributed by atoms with Crippen LogP contribution in [-0.4, -0.2) is 31.6 Å². The number of amides is 1. The van der Waals surface area contributed by atoms with Gasteiger partial charge in [-0.15, -0.1) is 16.8 Å². The van der Waals surface area contributed by atoms with Gasteiger partial charge < -0.3 is 4.74 Å². The summed E-state index contributed by atoms with van der Waals surface area (Å²) in [5.74, 6) is 1.20. The molecule has 1 unspecified atom stereocenters. The molecule has 0 spiro atoms. The van der Waals surface area contributed by atoms with Gasteiger partial charge in [0.05, 0.1) is 11.0 Å². The summed E-state index contributed by atoms with van der Waals surface area (Å²) in [4.78, 5) is 12.7. The number of nitrogens with zero attached hydrogens (tertiary/aromatic N) is 4. The quantitative estimate of drug-likeness (QED) is 0.144. The van der Waals surface area contributed by atoms with Gasteiger partial charge in [-0.2, -0.15) is 5.10 Å². The Kier molecular flexibility index (Phi) is 7.95. The van der Waals surface area contributed by atoms with Crippen LogP contribution in [0, 0.1) is 0 Å². The smallest absolute Gasteiger partial charge is 0.253 e. The molecule has 4 rings (SSSR count). The second-order valence-electron chi connectivity index (χ2n) is 7.90. The number of fused-ring (bicyclic) bond motifs is 1. The van der Waals surface area contributed by atoms with Crippen molar-refractivity contribution in [2.24, 2.45) is 5.10 Å². The van der Waals surface area contributed by atoms with E-state index in [1.807, 2.05) is 66.9 Å². The van der Waals surface area contributed by atoms with Gasteiger partial charge in [0, 0.05) is 6.54 Å². The normalized spacial score (nSPS) is 12.3. The zero-order valence-corrected chi connectivity index (χ0v) is 20.5. The molecule has 1 N–H and O–H groups in total. The van der Waals surface area contributed by atoms with E-state index in [4.69, 9.17) is 4.74 Å². The number of para-hydroxylation sites is 1. The predicted octanol–water partition coefficient (Wildman–Crippen LogP) is 5.22. The van der Waals surface area contributed by atoms with Crippen molar-refractivity contribution in [2.45, 2.75) is 37.4 Å². The van der Waals surface area contributed by atoms with Crippen molar-refractivity contribution in [2.75, 3.05) is 0 Å². The Morgan fingerprint density at radius 3 is 2.63 bits per heavy atom. The Balaban J connectivity index is 1.39. The van der Waals surface area contributed by atoms with Gasteiger partial charge in [-0.05, 0) is 48.4 Å². The number of allylic oxidation sites excluding steroid dienone is 1. The second kappa shape index (κ2) is 11.5. The Morgan fingerprint density at radius 1 is 1.11 bits per heavy atom. The number of thioether (sulfide) groups is 1. The van der Waals surface area contributed by atoms with Gasteiger partial charge in [-0.25, -0.2) is 5.43 Å². The molecular formula is C27H27N5O2S. The molecule has 7 nitrogen and oxygen atoms in total. The van der Waals surface area contributed by atoms with Crippen LogP contribution in [0.3, 0.4) is 0 Å². The molecule has 4 aromatic rings. The Bertz CT molecular complexity index is 1350. The van der Waals surface area contributed by atoms with Gasteiger partial charge in [0.15, 0.2) is 11.0 Å². The summed E-state index contributed by atoms with van der Waals surface area (Å²) in [7, 11) is 0. The lowest BCUT2D eigenvalue weighted by atomic mass is 10.0. The average Bonchev–Trinajstić information content (AvgIpc) is 3.27. The molecule has 0 bridgehead atoms. The van der Waals surface area contributed by atoms with Crippen molar-refractivity contribution in [3.63, 3.8) is 0 Å². The third-order valence-corrected chi connectivity index (χ3v) is 6.45. The number of aromatic nitrogens is 3. The molecule has 0 saturated carbocycles. The van der Waals surface area contributed by atoms with Crippen LogP contribution in [0.15, 0.2) is 95.7 Å². The van der Waals surface area contributed by atoms with E-state index in [-0.39, 0.29) is 12.5 Å². The Morgan fingerprint density at radius 2 is 1.86 bits per heavy atom. The van der Waals surface area contributed by atoms with Crippen molar-refractivity contribution in [1.29, 1.82) is 0 Å². The molecule has 1 heterocycles. The predicted molar refractivity (Wildman–Crippen MR) is 141 cm³/mol. The van der Waals surface area contributed by atoms with Crippen LogP contribution in [0.5, 0.6) is 5.75 Å². The molecule has 0 aliphatic heterocycles. The molecule has 0 saturated heterocycles. The number of carbonyl (C=O) groups is 1. The average molecular weight is 486 g/mol. The molecule has 0 aliphatic rings. The summed E-state index contributed by atoms with van der Waals surface area (Å²) in [6.45, 7) is 8.29. The monoisotopic (exact) mass is 485 g/mol. The SMILES string of the molecule is C=CCn1c(COc2ccccc2)nnc1SC(C)C(=O)N/N=C(/C)c1ccc2ccccc2c1. The molecule has 8 heteroatoms. The standard InChI is InChI=1S/C27H27N5O2S/c1-4-16-32-25(18-34-24-12-6-5-7-13-24)29-31-27(32)35-20(3)26(33)30-28-19(2)22-15-14-21-10-8-9-11-23(21)17-22/h4-15,17,20H,1,16,18H2,2-3H3,(H,30,33)/b28-19-. The molecule has 178 valence electrons. The maximum Gasteiger partial charge on any atom is 0.253 e. The van der Waals surface area contributed by atoms with Crippen LogP contribution >= 0.6 is 11.8 Å². The number of rotatable bonds is 10. The number of hydrogen-bond donors (Lipinski definition) is 1. The highest BCUT2D eigenvalue weighted by Gasteiger charge is 2.20. The lowest BCUT2D eigenvalue weighted by Crippen LogP contribution is -2.28. The highest BCUT2D eigenvalue weighted by atomic mass is 32.2. The third-order valence-electron chi connectivity index (χ3n) is 5.37. The number of hydrazone groups is 1. The van der Waals surface area contributed by atoms with E-state index < -0.39 is 5.25 Å². The molecule has 0 fully saturated rings. The molecule has 3 aromatic carbocycles. The molecule has 1 atom stereocenters. The minimum absolute atomic E-state index is 0.217. The highest BCUT2D eigenvalue weighted by Crippen LogP contribution is 2.23.